The number of methoxy groups -OCH3 is 1. The molecule has 2 aromatic heterocycles. The zero-order valence-corrected chi connectivity index (χ0v) is 18.4. The topological polar surface area (TPSA) is 87.2 Å². The molecule has 0 saturated carbocycles. The van der Waals surface area contributed by atoms with Gasteiger partial charge in [-0.1, -0.05) is 12.1 Å². The number of hydrogen-bond donors (Lipinski definition) is 1. The fraction of sp³-hybridized carbons (Fsp3) is 0.136. The third-order valence-corrected chi connectivity index (χ3v) is 6.77. The Bertz CT molecular complexity index is 1320. The number of sulfonamides is 1. The van der Waals surface area contributed by atoms with E-state index in [0.29, 0.717) is 0 Å². The lowest BCUT2D eigenvalue weighted by molar-refractivity contribution is 0.415. The number of ether oxygens (including phenoxy) is 1. The molecule has 2 aromatic carbocycles. The van der Waals surface area contributed by atoms with E-state index in [-0.39, 0.29) is 4.90 Å². The summed E-state index contributed by atoms with van der Waals surface area (Å²) in [7, 11) is -2.07. The SMILES string of the molecule is COc1cccc(-c2nc(-c3cc(C)n(-c4ccc(S(N)(=O)=O)cc4)c3C)cs2)c1. The van der Waals surface area contributed by atoms with Gasteiger partial charge in [-0.05, 0) is 56.3 Å². The normalized spacial score (nSPS) is 11.6. The average molecular weight is 440 g/mol. The van der Waals surface area contributed by atoms with Gasteiger partial charge in [0.05, 0.1) is 17.7 Å². The third-order valence-electron chi connectivity index (χ3n) is 4.95. The molecule has 0 spiro atoms. The van der Waals surface area contributed by atoms with Crippen molar-refractivity contribution in [2.45, 2.75) is 18.7 Å². The molecule has 30 heavy (non-hydrogen) atoms. The first-order valence-electron chi connectivity index (χ1n) is 9.20. The van der Waals surface area contributed by atoms with E-state index in [4.69, 9.17) is 14.9 Å². The van der Waals surface area contributed by atoms with Crippen LogP contribution in [0.25, 0.3) is 27.5 Å². The van der Waals surface area contributed by atoms with Crippen LogP contribution in [0.2, 0.25) is 0 Å². The first-order chi connectivity index (χ1) is 14.3. The summed E-state index contributed by atoms with van der Waals surface area (Å²) < 4.78 is 30.4. The van der Waals surface area contributed by atoms with Gasteiger partial charge in [-0.2, -0.15) is 0 Å². The highest BCUT2D eigenvalue weighted by molar-refractivity contribution is 7.89. The molecule has 154 valence electrons. The van der Waals surface area contributed by atoms with Crippen molar-refractivity contribution >= 4 is 21.4 Å². The second-order valence-corrected chi connectivity index (χ2v) is 9.35. The Morgan fingerprint density at radius 1 is 1.07 bits per heavy atom. The summed E-state index contributed by atoms with van der Waals surface area (Å²) in [5.41, 5.74) is 5.87. The van der Waals surface area contributed by atoms with Gasteiger partial charge >= 0.3 is 0 Å². The standard InChI is InChI=1S/C22H21N3O3S2/c1-14-11-20(15(2)25(14)17-7-9-19(10-8-17)30(23,26)27)21-13-29-22(24-21)16-5-4-6-18(12-16)28-3/h4-13H,1-3H3,(H2,23,26,27). The molecule has 2 heterocycles. The molecule has 0 radical (unpaired) electrons. The van der Waals surface area contributed by atoms with Crippen LogP contribution in [0.5, 0.6) is 5.75 Å². The van der Waals surface area contributed by atoms with E-state index in [2.05, 4.69) is 10.6 Å². The highest BCUT2D eigenvalue weighted by Crippen LogP contribution is 2.34. The number of thiazole rings is 1. The van der Waals surface area contributed by atoms with Crippen molar-refractivity contribution < 1.29 is 13.2 Å². The van der Waals surface area contributed by atoms with Gasteiger partial charge in [0.15, 0.2) is 0 Å². The van der Waals surface area contributed by atoms with Crippen LogP contribution in [-0.4, -0.2) is 25.1 Å². The molecule has 0 saturated heterocycles. The van der Waals surface area contributed by atoms with Crippen LogP contribution in [0.3, 0.4) is 0 Å². The molecule has 0 bridgehead atoms. The highest BCUT2D eigenvalue weighted by atomic mass is 32.2. The minimum Gasteiger partial charge on any atom is -0.497 e. The van der Waals surface area contributed by atoms with Gasteiger partial charge in [0, 0.05) is 33.6 Å². The molecule has 6 nitrogen and oxygen atoms in total. The molecular formula is C22H21N3O3S2. The molecule has 0 amide bonds. The van der Waals surface area contributed by atoms with Gasteiger partial charge in [-0.3, -0.25) is 0 Å². The minimum atomic E-state index is -3.72. The van der Waals surface area contributed by atoms with Crippen molar-refractivity contribution in [2.24, 2.45) is 5.14 Å². The lowest BCUT2D eigenvalue weighted by Crippen LogP contribution is -2.12. The Morgan fingerprint density at radius 3 is 2.47 bits per heavy atom. The minimum absolute atomic E-state index is 0.0939. The number of hydrogen-bond acceptors (Lipinski definition) is 5. The molecule has 8 heteroatoms. The second kappa shape index (κ2) is 7.71. The van der Waals surface area contributed by atoms with Crippen LogP contribution >= 0.6 is 11.3 Å². The van der Waals surface area contributed by atoms with Crippen LogP contribution < -0.4 is 9.88 Å². The summed E-state index contributed by atoms with van der Waals surface area (Å²) in [6, 6.07) is 16.5. The molecule has 0 unspecified atom stereocenters. The Balaban J connectivity index is 1.72. The number of aryl methyl sites for hydroxylation is 1. The predicted molar refractivity (Wildman–Crippen MR) is 120 cm³/mol. The molecule has 0 fully saturated rings. The van der Waals surface area contributed by atoms with Gasteiger partial charge < -0.3 is 9.30 Å². The Labute approximate surface area is 179 Å². The fourth-order valence-electron chi connectivity index (χ4n) is 3.49. The van der Waals surface area contributed by atoms with Gasteiger partial charge in [-0.25, -0.2) is 18.5 Å². The Morgan fingerprint density at radius 2 is 1.80 bits per heavy atom. The van der Waals surface area contributed by atoms with E-state index in [9.17, 15) is 8.42 Å². The maximum atomic E-state index is 11.5. The van der Waals surface area contributed by atoms with Gasteiger partial charge in [-0.15, -0.1) is 11.3 Å². The molecule has 0 aliphatic heterocycles. The number of benzene rings is 2. The third kappa shape index (κ3) is 3.77. The van der Waals surface area contributed by atoms with Crippen molar-refractivity contribution in [1.29, 1.82) is 0 Å². The van der Waals surface area contributed by atoms with Crippen LogP contribution in [0.15, 0.2) is 64.9 Å². The van der Waals surface area contributed by atoms with E-state index < -0.39 is 10.0 Å². The second-order valence-electron chi connectivity index (χ2n) is 6.93. The number of rotatable bonds is 5. The van der Waals surface area contributed by atoms with Crippen molar-refractivity contribution in [2.75, 3.05) is 7.11 Å². The average Bonchev–Trinajstić information content (AvgIpc) is 3.32. The molecular weight excluding hydrogens is 418 g/mol. The number of nitrogens with zero attached hydrogens (tertiary/aromatic N) is 2. The molecule has 4 rings (SSSR count). The van der Waals surface area contributed by atoms with Crippen molar-refractivity contribution in [3.8, 4) is 33.3 Å². The molecule has 2 N–H and O–H groups in total. The van der Waals surface area contributed by atoms with Gasteiger partial charge in [0.25, 0.3) is 0 Å². The lowest BCUT2D eigenvalue weighted by Gasteiger charge is -2.10. The summed E-state index contributed by atoms with van der Waals surface area (Å²) in [6.45, 7) is 4.04. The smallest absolute Gasteiger partial charge is 0.238 e. The van der Waals surface area contributed by atoms with Gasteiger partial charge in [0.1, 0.15) is 10.8 Å². The molecule has 0 aliphatic carbocycles. The quantitative estimate of drug-likeness (QED) is 0.494. The number of nitrogens with two attached hydrogens (primary N) is 1. The highest BCUT2D eigenvalue weighted by Gasteiger charge is 2.16. The van der Waals surface area contributed by atoms with Crippen molar-refractivity contribution in [3.63, 3.8) is 0 Å². The Hall–Kier alpha value is -2.94. The zero-order valence-electron chi connectivity index (χ0n) is 16.8. The maximum Gasteiger partial charge on any atom is 0.238 e. The first-order valence-corrected chi connectivity index (χ1v) is 11.6. The summed E-state index contributed by atoms with van der Waals surface area (Å²) >= 11 is 1.58. The van der Waals surface area contributed by atoms with Gasteiger partial charge in [0.2, 0.25) is 10.0 Å². The molecule has 4 aromatic rings. The number of primary sulfonamides is 1. The largest absolute Gasteiger partial charge is 0.497 e. The van der Waals surface area contributed by atoms with Crippen LogP contribution in [0, 0.1) is 13.8 Å². The van der Waals surface area contributed by atoms with Crippen LogP contribution in [-0.2, 0) is 10.0 Å². The molecule has 0 atom stereocenters. The summed E-state index contributed by atoms with van der Waals surface area (Å²) in [5.74, 6) is 0.797. The summed E-state index contributed by atoms with van der Waals surface area (Å²) in [4.78, 5) is 4.93. The monoisotopic (exact) mass is 439 g/mol. The van der Waals surface area contributed by atoms with E-state index in [1.54, 1.807) is 30.6 Å². The predicted octanol–water partition coefficient (Wildman–Crippen LogP) is 4.54. The first kappa shape index (κ1) is 20.3. The summed E-state index contributed by atoms with van der Waals surface area (Å²) in [6.07, 6.45) is 0. The van der Waals surface area contributed by atoms with E-state index in [0.717, 1.165) is 44.7 Å². The Kier molecular flexibility index (Phi) is 5.23. The van der Waals surface area contributed by atoms with Crippen LogP contribution in [0.4, 0.5) is 0 Å². The van der Waals surface area contributed by atoms with E-state index in [1.165, 1.54) is 12.1 Å². The van der Waals surface area contributed by atoms with Crippen LogP contribution in [0.1, 0.15) is 11.4 Å². The van der Waals surface area contributed by atoms with E-state index >= 15 is 0 Å². The lowest BCUT2D eigenvalue weighted by atomic mass is 10.2. The summed E-state index contributed by atoms with van der Waals surface area (Å²) in [5, 5.41) is 8.17. The van der Waals surface area contributed by atoms with Crippen molar-refractivity contribution in [3.05, 3.63) is 71.4 Å². The molecule has 0 aliphatic rings. The fourth-order valence-corrected chi connectivity index (χ4v) is 4.82. The zero-order chi connectivity index (χ0) is 21.5. The number of aromatic nitrogens is 2. The van der Waals surface area contributed by atoms with Crippen molar-refractivity contribution in [1.82, 2.24) is 9.55 Å². The van der Waals surface area contributed by atoms with E-state index in [1.807, 2.05) is 43.5 Å². The maximum absolute atomic E-state index is 11.5.